The van der Waals surface area contributed by atoms with Crippen molar-refractivity contribution in [3.63, 3.8) is 0 Å². The van der Waals surface area contributed by atoms with Gasteiger partial charge in [-0.2, -0.15) is 0 Å². The minimum absolute atomic E-state index is 0.0567. The number of para-hydroxylation sites is 1. The molecule has 1 aliphatic heterocycles. The molecule has 3 N–H and O–H groups in total. The maximum absolute atomic E-state index is 13.2. The molecule has 0 spiro atoms. The number of aliphatic hydroxyl groups is 1. The fraction of sp³-hybridized carbons (Fsp3) is 0.500. The summed E-state index contributed by atoms with van der Waals surface area (Å²) in [5, 5.41) is 12.1. The Morgan fingerprint density at radius 1 is 1.16 bits per heavy atom. The van der Waals surface area contributed by atoms with Crippen LogP contribution in [-0.2, 0) is 37.0 Å². The van der Waals surface area contributed by atoms with Gasteiger partial charge in [0, 0.05) is 24.8 Å². The summed E-state index contributed by atoms with van der Waals surface area (Å²) in [5.41, 5.74) is 7.44. The van der Waals surface area contributed by atoms with Crippen LogP contribution in [0, 0.1) is 5.92 Å². The average molecular weight is 623 g/mol. The number of imidazole rings is 1. The highest BCUT2D eigenvalue weighted by Crippen LogP contribution is 2.30. The molecule has 5 rings (SSSR count). The summed E-state index contributed by atoms with van der Waals surface area (Å²) in [6.45, 7) is 8.72. The molecule has 2 atom stereocenters. The third-order valence-corrected chi connectivity index (χ3v) is 7.73. The van der Waals surface area contributed by atoms with Gasteiger partial charge in [0.05, 0.1) is 29.7 Å². The number of imide groups is 1. The van der Waals surface area contributed by atoms with Crippen molar-refractivity contribution in [3.8, 4) is 0 Å². The molecular weight excluding hydrogens is 580 g/mol. The van der Waals surface area contributed by atoms with E-state index in [1.807, 2.05) is 41.8 Å². The molecule has 3 aromatic rings. The number of hydroxylamine groups is 2. The van der Waals surface area contributed by atoms with Crippen LogP contribution < -0.4 is 5.73 Å². The minimum Gasteiger partial charge on any atom is -0.442 e. The number of carbonyl (C=O) groups is 4. The van der Waals surface area contributed by atoms with Gasteiger partial charge in [0.1, 0.15) is 17.4 Å². The zero-order valence-electron chi connectivity index (χ0n) is 26.3. The van der Waals surface area contributed by atoms with Gasteiger partial charge in [-0.3, -0.25) is 14.4 Å². The van der Waals surface area contributed by atoms with Gasteiger partial charge in [0.15, 0.2) is 5.82 Å². The van der Waals surface area contributed by atoms with E-state index in [2.05, 4.69) is 22.8 Å². The number of pyridine rings is 1. The molecule has 13 nitrogen and oxygen atoms in total. The first-order chi connectivity index (χ1) is 21.4. The predicted molar refractivity (Wildman–Crippen MR) is 167 cm³/mol. The lowest BCUT2D eigenvalue weighted by molar-refractivity contribution is -0.188. The summed E-state index contributed by atoms with van der Waals surface area (Å²) in [6.07, 6.45) is 7.85. The number of ether oxygens (including phenoxy) is 1. The quantitative estimate of drug-likeness (QED) is 0.210. The molecule has 2 aromatic heterocycles. The number of nitrogen functional groups attached to an aromatic ring is 1. The van der Waals surface area contributed by atoms with E-state index in [0.29, 0.717) is 41.2 Å². The zero-order chi connectivity index (χ0) is 32.7. The number of allylic oxidation sites excluding steroid dienone is 1. The van der Waals surface area contributed by atoms with Crippen molar-refractivity contribution in [1.29, 1.82) is 0 Å². The maximum Gasteiger partial charge on any atom is 0.410 e. The van der Waals surface area contributed by atoms with Crippen LogP contribution in [0.1, 0.15) is 72.0 Å². The van der Waals surface area contributed by atoms with E-state index in [4.69, 9.17) is 15.5 Å². The number of carbonyl (C=O) groups excluding carboxylic acids is 4. The number of amides is 3. The Labute approximate surface area is 261 Å². The molecule has 1 aromatic carbocycles. The smallest absolute Gasteiger partial charge is 0.410 e. The van der Waals surface area contributed by atoms with Gasteiger partial charge < -0.3 is 29.9 Å². The average Bonchev–Trinajstić information content (AvgIpc) is 3.50. The van der Waals surface area contributed by atoms with Crippen molar-refractivity contribution >= 4 is 52.1 Å². The van der Waals surface area contributed by atoms with Crippen molar-refractivity contribution in [3.05, 3.63) is 42.2 Å². The van der Waals surface area contributed by atoms with Gasteiger partial charge in [-0.05, 0) is 64.5 Å². The number of anilines is 1. The summed E-state index contributed by atoms with van der Waals surface area (Å²) in [4.78, 5) is 59.1. The highest BCUT2D eigenvalue weighted by molar-refractivity contribution is 6.06. The normalized spacial score (nSPS) is 19.4. The zero-order valence-corrected chi connectivity index (χ0v) is 26.3. The number of rotatable bonds is 8. The Balaban J connectivity index is 0.000000392. The molecule has 242 valence electrons. The molecule has 0 saturated carbocycles. The Hall–Kier alpha value is -4.52. The van der Waals surface area contributed by atoms with E-state index in [-0.39, 0.29) is 38.1 Å². The largest absolute Gasteiger partial charge is 0.442 e. The highest BCUT2D eigenvalue weighted by atomic mass is 16.7. The van der Waals surface area contributed by atoms with E-state index in [1.54, 1.807) is 18.7 Å². The summed E-state index contributed by atoms with van der Waals surface area (Å²) in [5.74, 6) is 0.662. The molecule has 1 fully saturated rings. The molecule has 13 heteroatoms. The van der Waals surface area contributed by atoms with Crippen molar-refractivity contribution in [2.75, 3.05) is 12.3 Å². The fourth-order valence-electron chi connectivity index (χ4n) is 5.40. The van der Waals surface area contributed by atoms with Crippen molar-refractivity contribution in [2.45, 2.75) is 91.0 Å². The Kier molecular flexibility index (Phi) is 10.8. The van der Waals surface area contributed by atoms with Crippen LogP contribution in [-0.4, -0.2) is 72.2 Å². The molecule has 1 unspecified atom stereocenters. The number of hydrogen-bond acceptors (Lipinski definition) is 10. The maximum atomic E-state index is 13.2. The van der Waals surface area contributed by atoms with Crippen molar-refractivity contribution < 1.29 is 33.9 Å². The standard InChI is InChI=1S/C27H37N5O3.C5H5NO4/c1-5-31(26(33)35-19-11-7-6-10-18(2)14-15-19)16-22-30-23-24(32(22)17-27(3,4)34)20-12-8-9-13-21(20)29-25(23)28;7-3-10-6-4(8)1-2-5(6)9/h7-9,11-13,18-19,34H,5-6,10,14-17H2,1-4H3,(H2,28,29);3H,1-2H2/b11-7+;/t18?,19-;/m0./s1. The Morgan fingerprint density at radius 2 is 1.87 bits per heavy atom. The number of aromatic nitrogens is 3. The van der Waals surface area contributed by atoms with Gasteiger partial charge in [-0.25, -0.2) is 14.8 Å². The third-order valence-electron chi connectivity index (χ3n) is 7.73. The van der Waals surface area contributed by atoms with Crippen LogP contribution in [0.4, 0.5) is 10.6 Å². The first-order valence-electron chi connectivity index (χ1n) is 15.3. The number of benzene rings is 1. The summed E-state index contributed by atoms with van der Waals surface area (Å²) < 4.78 is 7.85. The Morgan fingerprint density at radius 3 is 2.53 bits per heavy atom. The fourth-order valence-corrected chi connectivity index (χ4v) is 5.40. The molecule has 0 bridgehead atoms. The van der Waals surface area contributed by atoms with Crippen molar-refractivity contribution in [1.82, 2.24) is 24.5 Å². The molecule has 1 saturated heterocycles. The summed E-state index contributed by atoms with van der Waals surface area (Å²) >= 11 is 0. The van der Waals surface area contributed by atoms with Gasteiger partial charge in [0.2, 0.25) is 0 Å². The van der Waals surface area contributed by atoms with Crippen LogP contribution in [0.2, 0.25) is 0 Å². The number of fused-ring (bicyclic) bond motifs is 3. The van der Waals surface area contributed by atoms with E-state index < -0.39 is 17.4 Å². The van der Waals surface area contributed by atoms with Gasteiger partial charge in [0.25, 0.3) is 11.8 Å². The van der Waals surface area contributed by atoms with Gasteiger partial charge in [-0.1, -0.05) is 31.2 Å². The van der Waals surface area contributed by atoms with E-state index in [0.717, 1.165) is 35.7 Å². The first kappa shape index (κ1) is 33.4. The topological polar surface area (TPSA) is 170 Å². The Bertz CT molecular complexity index is 1560. The lowest BCUT2D eigenvalue weighted by Crippen LogP contribution is -2.35. The highest BCUT2D eigenvalue weighted by Gasteiger charge is 2.31. The van der Waals surface area contributed by atoms with Crippen LogP contribution in [0.15, 0.2) is 36.4 Å². The molecule has 1 aliphatic carbocycles. The SMILES string of the molecule is CCN(Cc1nc2c(N)nc3ccccc3c2n1CC(C)(C)O)C(=O)O[C@H]1/C=C/CCC(C)CC1.O=CON1C(=O)CCC1=O. The van der Waals surface area contributed by atoms with E-state index in [1.165, 1.54) is 6.42 Å². The van der Waals surface area contributed by atoms with Crippen LogP contribution in [0.25, 0.3) is 21.9 Å². The van der Waals surface area contributed by atoms with Gasteiger partial charge >= 0.3 is 12.6 Å². The molecule has 3 amide bonds. The van der Waals surface area contributed by atoms with E-state index in [9.17, 15) is 24.3 Å². The number of nitrogens with two attached hydrogens (primary N) is 1. The summed E-state index contributed by atoms with van der Waals surface area (Å²) in [7, 11) is 0. The molecular formula is C32H42N6O7. The molecule has 2 aliphatic rings. The first-order valence-corrected chi connectivity index (χ1v) is 15.3. The van der Waals surface area contributed by atoms with E-state index >= 15 is 0 Å². The van der Waals surface area contributed by atoms with Crippen molar-refractivity contribution in [2.24, 2.45) is 5.92 Å². The summed E-state index contributed by atoms with van der Waals surface area (Å²) in [6, 6.07) is 7.74. The molecule has 45 heavy (non-hydrogen) atoms. The molecule has 3 heterocycles. The monoisotopic (exact) mass is 622 g/mol. The van der Waals surface area contributed by atoms with Crippen LogP contribution in [0.5, 0.6) is 0 Å². The minimum atomic E-state index is -1.00. The number of nitrogens with zero attached hydrogens (tertiary/aromatic N) is 5. The predicted octanol–water partition coefficient (Wildman–Crippen LogP) is 4.25. The lowest BCUT2D eigenvalue weighted by Gasteiger charge is -2.26. The van der Waals surface area contributed by atoms with Crippen LogP contribution >= 0.6 is 0 Å². The third kappa shape index (κ3) is 8.35. The second-order valence-corrected chi connectivity index (χ2v) is 12.0. The second kappa shape index (κ2) is 14.5. The lowest BCUT2D eigenvalue weighted by atomic mass is 9.95. The van der Waals surface area contributed by atoms with Gasteiger partial charge in [-0.15, -0.1) is 5.06 Å². The number of hydrogen-bond donors (Lipinski definition) is 2. The van der Waals surface area contributed by atoms with Crippen LogP contribution in [0.3, 0.4) is 0 Å². The molecule has 0 radical (unpaired) electrons. The second-order valence-electron chi connectivity index (χ2n) is 12.0.